The lowest BCUT2D eigenvalue weighted by atomic mass is 10.1. The highest BCUT2D eigenvalue weighted by atomic mass is 19.1. The molecule has 0 aliphatic carbocycles. The van der Waals surface area contributed by atoms with Crippen molar-refractivity contribution in [2.24, 2.45) is 0 Å². The quantitative estimate of drug-likeness (QED) is 0.296. The topological polar surface area (TPSA) is 157 Å². The molecule has 0 unspecified atom stereocenters. The van der Waals surface area contributed by atoms with Crippen LogP contribution in [0.2, 0.25) is 0 Å². The summed E-state index contributed by atoms with van der Waals surface area (Å²) < 4.78 is 18.0. The van der Waals surface area contributed by atoms with Gasteiger partial charge >= 0.3 is 5.76 Å². The van der Waals surface area contributed by atoms with E-state index in [0.29, 0.717) is 16.6 Å². The molecule has 3 aromatic carbocycles. The summed E-state index contributed by atoms with van der Waals surface area (Å²) in [5, 5.41) is 18.9. The molecule has 0 aliphatic rings. The van der Waals surface area contributed by atoms with Gasteiger partial charge in [0.15, 0.2) is 5.82 Å². The number of halogens is 1. The molecular weight excluding hydrogens is 467 g/mol. The smallest absolute Gasteiger partial charge is 0.349 e. The van der Waals surface area contributed by atoms with Crippen LogP contribution in [0.4, 0.5) is 15.8 Å². The molecule has 10 nitrogen and oxygen atoms in total. The summed E-state index contributed by atoms with van der Waals surface area (Å²) in [5.74, 6) is -2.30. The number of carbonyl (C=O) groups is 2. The van der Waals surface area contributed by atoms with Gasteiger partial charge in [-0.1, -0.05) is 23.4 Å². The summed E-state index contributed by atoms with van der Waals surface area (Å²) in [6.45, 7) is 0. The Hall–Kier alpha value is -5.50. The number of nitrogens with one attached hydrogen (secondary N) is 4. The van der Waals surface area contributed by atoms with Crippen molar-refractivity contribution in [3.63, 3.8) is 0 Å². The lowest BCUT2D eigenvalue weighted by Crippen LogP contribution is -2.14. The predicted molar refractivity (Wildman–Crippen MR) is 128 cm³/mol. The number of aromatic amines is 2. The first-order valence-electron chi connectivity index (χ1n) is 10.5. The third-order valence-electron chi connectivity index (χ3n) is 5.33. The predicted octanol–water partition coefficient (Wildman–Crippen LogP) is 4.03. The minimum Gasteiger partial charge on any atom is -0.349 e. The number of para-hydroxylation sites is 1. The number of amides is 2. The van der Waals surface area contributed by atoms with E-state index in [0.717, 1.165) is 6.07 Å². The van der Waals surface area contributed by atoms with E-state index >= 15 is 0 Å². The molecular formula is C25H15FN6O4. The molecule has 0 radical (unpaired) electrons. The van der Waals surface area contributed by atoms with Gasteiger partial charge in [0.2, 0.25) is 0 Å². The Morgan fingerprint density at radius 3 is 2.50 bits per heavy atom. The first kappa shape index (κ1) is 22.3. The second-order valence-corrected chi connectivity index (χ2v) is 7.69. The monoisotopic (exact) mass is 482 g/mol. The van der Waals surface area contributed by atoms with Gasteiger partial charge in [-0.2, -0.15) is 5.26 Å². The molecule has 0 atom stereocenters. The van der Waals surface area contributed by atoms with Crippen molar-refractivity contribution in [1.82, 2.24) is 15.1 Å². The molecule has 0 spiro atoms. The standard InChI is InChI=1S/C25H15FN6O4/c26-16-5-1-4-15(10-16)23(33)30-19-6-2-3-14-11-20(28-21(14)19)24(34)29-18-8-7-13(12-27)9-17(18)22-31-25(35)36-32-22/h1-11,28H,(H,29,34)(H,30,33)(H,31,32,35). The maximum Gasteiger partial charge on any atom is 0.439 e. The number of H-pyrrole nitrogens is 2. The van der Waals surface area contributed by atoms with Crippen LogP contribution in [-0.2, 0) is 0 Å². The van der Waals surface area contributed by atoms with Crippen molar-refractivity contribution >= 4 is 34.1 Å². The van der Waals surface area contributed by atoms with Crippen LogP contribution in [0.5, 0.6) is 0 Å². The fraction of sp³-hybridized carbons (Fsp3) is 0. The molecule has 4 N–H and O–H groups in total. The van der Waals surface area contributed by atoms with E-state index < -0.39 is 23.4 Å². The summed E-state index contributed by atoms with van der Waals surface area (Å²) in [5.41, 5.74) is 2.08. The van der Waals surface area contributed by atoms with Crippen molar-refractivity contribution in [2.75, 3.05) is 10.6 Å². The highest BCUT2D eigenvalue weighted by Gasteiger charge is 2.17. The van der Waals surface area contributed by atoms with E-state index in [1.54, 1.807) is 24.3 Å². The van der Waals surface area contributed by atoms with Gasteiger partial charge in [-0.15, -0.1) is 0 Å². The zero-order valence-corrected chi connectivity index (χ0v) is 18.3. The largest absolute Gasteiger partial charge is 0.439 e. The maximum absolute atomic E-state index is 13.5. The van der Waals surface area contributed by atoms with Crippen molar-refractivity contribution < 1.29 is 18.5 Å². The molecule has 0 fully saturated rings. The molecule has 0 bridgehead atoms. The molecule has 2 heterocycles. The fourth-order valence-electron chi connectivity index (χ4n) is 3.66. The summed E-state index contributed by atoms with van der Waals surface area (Å²) in [6, 6.07) is 18.5. The summed E-state index contributed by atoms with van der Waals surface area (Å²) in [7, 11) is 0. The number of rotatable bonds is 5. The number of nitrogens with zero attached hydrogens (tertiary/aromatic N) is 2. The average Bonchev–Trinajstić information content (AvgIpc) is 3.51. The Morgan fingerprint density at radius 2 is 1.75 bits per heavy atom. The normalized spacial score (nSPS) is 10.7. The Labute approximate surface area is 201 Å². The number of aromatic nitrogens is 3. The van der Waals surface area contributed by atoms with Crippen molar-refractivity contribution in [2.45, 2.75) is 0 Å². The van der Waals surface area contributed by atoms with Crippen LogP contribution in [0.15, 0.2) is 76.0 Å². The van der Waals surface area contributed by atoms with E-state index in [1.807, 2.05) is 6.07 Å². The number of anilines is 2. The van der Waals surface area contributed by atoms with Crippen LogP contribution in [0.1, 0.15) is 26.4 Å². The Kier molecular flexibility index (Phi) is 5.60. The number of hydrogen-bond donors (Lipinski definition) is 4. The van der Waals surface area contributed by atoms with Gasteiger partial charge in [-0.25, -0.2) is 9.18 Å². The van der Waals surface area contributed by atoms with Crippen LogP contribution in [0.25, 0.3) is 22.3 Å². The van der Waals surface area contributed by atoms with Gasteiger partial charge in [-0.05, 0) is 48.5 Å². The lowest BCUT2D eigenvalue weighted by molar-refractivity contribution is 0.101. The summed E-state index contributed by atoms with van der Waals surface area (Å²) in [4.78, 5) is 42.4. The van der Waals surface area contributed by atoms with Crippen molar-refractivity contribution in [3.05, 3.63) is 99.9 Å². The molecule has 0 saturated heterocycles. The van der Waals surface area contributed by atoms with Crippen LogP contribution in [0, 0.1) is 17.1 Å². The number of nitriles is 1. The lowest BCUT2D eigenvalue weighted by Gasteiger charge is -2.09. The third kappa shape index (κ3) is 4.34. The highest BCUT2D eigenvalue weighted by molar-refractivity contribution is 6.11. The van der Waals surface area contributed by atoms with E-state index in [-0.39, 0.29) is 33.9 Å². The maximum atomic E-state index is 13.5. The average molecular weight is 482 g/mol. The summed E-state index contributed by atoms with van der Waals surface area (Å²) >= 11 is 0. The minimum atomic E-state index is -0.784. The molecule has 176 valence electrons. The molecule has 5 aromatic rings. The SMILES string of the molecule is N#Cc1ccc(NC(=O)c2cc3cccc(NC(=O)c4cccc(F)c4)c3[nH]2)c(-c2noc(=O)[nH]2)c1. The highest BCUT2D eigenvalue weighted by Crippen LogP contribution is 2.28. The molecule has 2 aromatic heterocycles. The Morgan fingerprint density at radius 1 is 0.944 bits per heavy atom. The molecule has 11 heteroatoms. The fourth-order valence-corrected chi connectivity index (χ4v) is 3.66. The zero-order chi connectivity index (χ0) is 25.2. The number of carbonyl (C=O) groups excluding carboxylic acids is 2. The van der Waals surface area contributed by atoms with Crippen molar-refractivity contribution in [3.8, 4) is 17.5 Å². The molecule has 2 amide bonds. The molecule has 5 rings (SSSR count). The second kappa shape index (κ2) is 9.03. The first-order chi connectivity index (χ1) is 17.4. The number of fused-ring (bicyclic) bond motifs is 1. The Bertz CT molecular complexity index is 1740. The molecule has 0 aliphatic heterocycles. The van der Waals surface area contributed by atoms with Gasteiger partial charge < -0.3 is 15.6 Å². The van der Waals surface area contributed by atoms with Crippen LogP contribution < -0.4 is 16.4 Å². The van der Waals surface area contributed by atoms with Gasteiger partial charge in [0.25, 0.3) is 11.8 Å². The number of hydrogen-bond acceptors (Lipinski definition) is 6. The molecule has 0 saturated carbocycles. The van der Waals surface area contributed by atoms with Crippen LogP contribution >= 0.6 is 0 Å². The van der Waals surface area contributed by atoms with Crippen LogP contribution in [0.3, 0.4) is 0 Å². The van der Waals surface area contributed by atoms with Crippen molar-refractivity contribution in [1.29, 1.82) is 5.26 Å². The summed E-state index contributed by atoms with van der Waals surface area (Å²) in [6.07, 6.45) is 0. The third-order valence-corrected chi connectivity index (χ3v) is 5.33. The van der Waals surface area contributed by atoms with E-state index in [4.69, 9.17) is 0 Å². The number of benzene rings is 3. The zero-order valence-electron chi connectivity index (χ0n) is 18.3. The second-order valence-electron chi connectivity index (χ2n) is 7.69. The van der Waals surface area contributed by atoms with Gasteiger partial charge in [-0.3, -0.25) is 19.1 Å². The van der Waals surface area contributed by atoms with Gasteiger partial charge in [0.05, 0.1) is 28.5 Å². The first-order valence-corrected chi connectivity index (χ1v) is 10.5. The molecule has 36 heavy (non-hydrogen) atoms. The van der Waals surface area contributed by atoms with Gasteiger partial charge in [0, 0.05) is 16.5 Å². The van der Waals surface area contributed by atoms with Gasteiger partial charge in [0.1, 0.15) is 11.5 Å². The van der Waals surface area contributed by atoms with E-state index in [9.17, 15) is 24.0 Å². The van der Waals surface area contributed by atoms with E-state index in [2.05, 4.69) is 30.3 Å². The van der Waals surface area contributed by atoms with E-state index in [1.165, 1.54) is 36.4 Å². The van der Waals surface area contributed by atoms with Crippen LogP contribution in [-0.4, -0.2) is 26.9 Å². The Balaban J connectivity index is 1.44. The minimum absolute atomic E-state index is 0.0476.